The van der Waals surface area contributed by atoms with Crippen LogP contribution in [0, 0.1) is 5.92 Å². The molecule has 0 aromatic rings. The fraction of sp³-hybridized carbons (Fsp3) is 1.00. The Kier molecular flexibility index (Phi) is 32.1. The molecule has 0 aliphatic rings. The molecule has 1 unspecified atom stereocenters. The van der Waals surface area contributed by atoms with Crippen LogP contribution >= 0.6 is 13.4 Å². The summed E-state index contributed by atoms with van der Waals surface area (Å²) in [5.41, 5.74) is 0. The van der Waals surface area contributed by atoms with Crippen molar-refractivity contribution in [2.24, 2.45) is 5.92 Å². The Morgan fingerprint density at radius 1 is 0.950 bits per heavy atom. The Labute approximate surface area is 156 Å². The standard InChI is InChI=1S/C8H18.CH4.Na.2H3O3PS.H/c1-4-6-7-8(3)5-2;;;2*1-4(2,3)5;/h8H,4-7H2,1-3H3;1H4;;2*(H3,1,2,3,5);/q;;+1;;;-1. The summed E-state index contributed by atoms with van der Waals surface area (Å²) >= 11 is 7.21. The molecular weight excluding hydrogens is 353 g/mol. The first-order valence-electron chi connectivity index (χ1n) is 5.37. The predicted octanol–water partition coefficient (Wildman–Crippen LogP) is -0.649. The van der Waals surface area contributed by atoms with Gasteiger partial charge in [0.15, 0.2) is 0 Å². The van der Waals surface area contributed by atoms with Crippen molar-refractivity contribution in [2.45, 2.75) is 53.9 Å². The summed E-state index contributed by atoms with van der Waals surface area (Å²) < 4.78 is 0. The van der Waals surface area contributed by atoms with Crippen molar-refractivity contribution in [1.82, 2.24) is 0 Å². The number of hydrogen-bond acceptors (Lipinski definition) is 2. The van der Waals surface area contributed by atoms with Crippen molar-refractivity contribution >= 4 is 37.1 Å². The maximum atomic E-state index is 7.56. The fourth-order valence-corrected chi connectivity index (χ4v) is 0.757. The Bertz CT molecular complexity index is 240. The second-order valence-corrected chi connectivity index (χ2v) is 8.67. The van der Waals surface area contributed by atoms with Crippen molar-refractivity contribution < 1.29 is 60.3 Å². The minimum Gasteiger partial charge on any atom is -1.00 e. The van der Waals surface area contributed by atoms with Gasteiger partial charge in [0.05, 0.1) is 0 Å². The summed E-state index contributed by atoms with van der Waals surface area (Å²) in [6.45, 7) is -0.766. The van der Waals surface area contributed by atoms with Gasteiger partial charge in [-0.3, -0.25) is 0 Å². The van der Waals surface area contributed by atoms with Crippen molar-refractivity contribution in [3.63, 3.8) is 0 Å². The van der Waals surface area contributed by atoms with Gasteiger partial charge in [-0.2, -0.15) is 0 Å². The largest absolute Gasteiger partial charge is 1.00 e. The van der Waals surface area contributed by atoms with Gasteiger partial charge in [0.1, 0.15) is 0 Å². The molecule has 11 heteroatoms. The Balaban J connectivity index is -0.0000000389. The monoisotopic (exact) mass is 382 g/mol. The molecule has 20 heavy (non-hydrogen) atoms. The summed E-state index contributed by atoms with van der Waals surface area (Å²) in [6.07, 6.45) is 5.53. The Morgan fingerprint density at radius 3 is 1.35 bits per heavy atom. The van der Waals surface area contributed by atoms with Gasteiger partial charge in [-0.15, -0.1) is 0 Å². The van der Waals surface area contributed by atoms with Gasteiger partial charge in [0.2, 0.25) is 0 Å². The molecule has 0 bridgehead atoms. The van der Waals surface area contributed by atoms with E-state index in [9.17, 15) is 0 Å². The molecule has 0 aliphatic carbocycles. The van der Waals surface area contributed by atoms with E-state index >= 15 is 0 Å². The van der Waals surface area contributed by atoms with Crippen LogP contribution in [-0.4, -0.2) is 29.4 Å². The third kappa shape index (κ3) is 112. The molecule has 0 saturated carbocycles. The smallest absolute Gasteiger partial charge is 1.00 e. The molecule has 0 fully saturated rings. The van der Waals surface area contributed by atoms with Gasteiger partial charge in [-0.1, -0.05) is 53.9 Å². The first kappa shape index (κ1) is 33.6. The van der Waals surface area contributed by atoms with Crippen LogP contribution in [0.25, 0.3) is 0 Å². The molecule has 0 amide bonds. The fourth-order valence-electron chi connectivity index (χ4n) is 0.757. The van der Waals surface area contributed by atoms with Crippen LogP contribution in [0.1, 0.15) is 55.3 Å². The van der Waals surface area contributed by atoms with Crippen LogP contribution in [0.5, 0.6) is 0 Å². The molecule has 0 saturated heterocycles. The molecule has 0 heterocycles. The molecule has 1 atom stereocenters. The summed E-state index contributed by atoms with van der Waals surface area (Å²) in [7, 11) is 0. The molecule has 6 N–H and O–H groups in total. The van der Waals surface area contributed by atoms with E-state index in [0.717, 1.165) is 5.92 Å². The van der Waals surface area contributed by atoms with Crippen LogP contribution in [0.15, 0.2) is 0 Å². The van der Waals surface area contributed by atoms with Gasteiger partial charge in [-0.05, 0) is 29.5 Å². The van der Waals surface area contributed by atoms with Crippen LogP contribution in [0.4, 0.5) is 0 Å². The number of unbranched alkanes of at least 4 members (excludes halogenated alkanes) is 1. The van der Waals surface area contributed by atoms with Crippen molar-refractivity contribution in [1.29, 1.82) is 0 Å². The van der Waals surface area contributed by atoms with Crippen molar-refractivity contribution in [3.8, 4) is 0 Å². The summed E-state index contributed by atoms with van der Waals surface area (Å²) in [5, 5.41) is 0. The second-order valence-electron chi connectivity index (χ2n) is 3.68. The van der Waals surface area contributed by atoms with Crippen molar-refractivity contribution in [2.75, 3.05) is 0 Å². The zero-order valence-corrected chi connectivity index (χ0v) is 17.2. The third-order valence-electron chi connectivity index (χ3n) is 1.75. The molecule has 0 spiro atoms. The maximum absolute atomic E-state index is 7.56. The normalized spacial score (nSPS) is 11.4. The van der Waals surface area contributed by atoms with Gasteiger partial charge in [0.25, 0.3) is 0 Å². The Hall–Kier alpha value is 2.06. The quantitative estimate of drug-likeness (QED) is 0.280. The van der Waals surface area contributed by atoms with E-state index in [0.29, 0.717) is 0 Å². The maximum Gasteiger partial charge on any atom is 1.00 e. The van der Waals surface area contributed by atoms with Crippen LogP contribution in [-0.2, 0) is 23.6 Å². The number of hydrogen-bond donors (Lipinski definition) is 6. The average molecular weight is 382 g/mol. The van der Waals surface area contributed by atoms with E-state index < -0.39 is 13.4 Å². The molecule has 0 aromatic carbocycles. The van der Waals surface area contributed by atoms with Gasteiger partial charge >= 0.3 is 43.0 Å². The van der Waals surface area contributed by atoms with E-state index in [1.807, 2.05) is 0 Å². The van der Waals surface area contributed by atoms with E-state index in [4.69, 9.17) is 29.4 Å². The molecular formula is C9H29NaO6P2S2. The molecule has 0 aliphatic heterocycles. The molecule has 6 nitrogen and oxygen atoms in total. The summed E-state index contributed by atoms with van der Waals surface area (Å²) in [4.78, 5) is 45.3. The van der Waals surface area contributed by atoms with Crippen LogP contribution in [0.3, 0.4) is 0 Å². The summed E-state index contributed by atoms with van der Waals surface area (Å²) in [5.74, 6) is 0.954. The molecule has 0 rings (SSSR count). The molecule has 0 aromatic heterocycles. The second kappa shape index (κ2) is 19.1. The minimum absolute atomic E-state index is 0. The minimum atomic E-state index is -3.81. The van der Waals surface area contributed by atoms with Gasteiger partial charge < -0.3 is 30.8 Å². The zero-order valence-electron chi connectivity index (χ0n) is 12.8. The topological polar surface area (TPSA) is 121 Å². The third-order valence-corrected chi connectivity index (χ3v) is 1.75. The average Bonchev–Trinajstić information content (AvgIpc) is 2.08. The Morgan fingerprint density at radius 2 is 1.20 bits per heavy atom. The van der Waals surface area contributed by atoms with E-state index in [1.54, 1.807) is 0 Å². The van der Waals surface area contributed by atoms with Crippen LogP contribution < -0.4 is 29.6 Å². The first-order valence-corrected chi connectivity index (χ1v) is 10.7. The van der Waals surface area contributed by atoms with E-state index in [-0.39, 0.29) is 38.4 Å². The van der Waals surface area contributed by atoms with E-state index in [1.165, 1.54) is 25.7 Å². The van der Waals surface area contributed by atoms with Gasteiger partial charge in [0, 0.05) is 0 Å². The summed E-state index contributed by atoms with van der Waals surface area (Å²) in [6, 6.07) is 0. The first-order chi connectivity index (χ1) is 7.81. The SMILES string of the molecule is C.CCCCC(C)CC.OP(O)(O)=S.OP(O)(O)=S.[H-].[Na+]. The molecule has 0 radical (unpaired) electrons. The van der Waals surface area contributed by atoms with Crippen molar-refractivity contribution in [3.05, 3.63) is 0 Å². The molecule has 124 valence electrons. The predicted molar refractivity (Wildman–Crippen MR) is 88.7 cm³/mol. The van der Waals surface area contributed by atoms with Crippen LogP contribution in [0.2, 0.25) is 0 Å². The van der Waals surface area contributed by atoms with Gasteiger partial charge in [-0.25, -0.2) is 0 Å². The number of rotatable bonds is 4. The van der Waals surface area contributed by atoms with E-state index in [2.05, 4.69) is 44.4 Å². The zero-order chi connectivity index (χ0) is 15.4.